The Hall–Kier alpha value is 0.115. The van der Waals surface area contributed by atoms with Crippen molar-refractivity contribution in [1.82, 2.24) is 4.67 Å². The zero-order valence-electron chi connectivity index (χ0n) is 8.27. The minimum absolute atomic E-state index is 0.0976. The smallest absolute Gasteiger partial charge is 0.174 e. The average molecular weight is 200 g/mol. The van der Waals surface area contributed by atoms with Gasteiger partial charge in [0, 0.05) is 13.1 Å². The molecule has 0 spiro atoms. The highest BCUT2D eigenvalue weighted by Gasteiger charge is 2.29. The van der Waals surface area contributed by atoms with E-state index >= 15 is 0 Å². The number of methoxy groups -OCH3 is 1. The third kappa shape index (κ3) is 3.39. The predicted octanol–water partition coefficient (Wildman–Crippen LogP) is 0.287. The second-order valence-corrected chi connectivity index (χ2v) is 5.16. The molecule has 0 aromatic carbocycles. The molecule has 0 N–H and O–H groups in total. The lowest BCUT2D eigenvalue weighted by Crippen LogP contribution is -2.46. The maximum atomic E-state index is 5.75. The normalized spacial score (nSPS) is 31.7. The summed E-state index contributed by atoms with van der Waals surface area (Å²) < 4.78 is 12.8. The Kier molecular flexibility index (Phi) is 4.40. The Morgan fingerprint density at radius 2 is 2.38 bits per heavy atom. The zero-order chi connectivity index (χ0) is 9.84. The second-order valence-electron chi connectivity index (χ2n) is 3.28. The van der Waals surface area contributed by atoms with Gasteiger partial charge in [0.05, 0.1) is 32.1 Å². The van der Waals surface area contributed by atoms with Gasteiger partial charge in [0.1, 0.15) is 14.5 Å². The van der Waals surface area contributed by atoms with Crippen molar-refractivity contribution in [1.29, 1.82) is 0 Å². The minimum Gasteiger partial charge on any atom is -0.382 e. The van der Waals surface area contributed by atoms with Crippen LogP contribution in [0.5, 0.6) is 0 Å². The molecule has 1 aliphatic rings. The number of hydrogen-bond acceptors (Lipinski definition) is 3. The maximum absolute atomic E-state index is 5.75. The van der Waals surface area contributed by atoms with Gasteiger partial charge in [-0.3, -0.25) is 0 Å². The van der Waals surface area contributed by atoms with E-state index in [0.29, 0.717) is 6.61 Å². The van der Waals surface area contributed by atoms with E-state index in [0.717, 1.165) is 13.1 Å². The fourth-order valence-corrected chi connectivity index (χ4v) is 2.31. The van der Waals surface area contributed by atoms with Crippen molar-refractivity contribution < 1.29 is 9.47 Å². The first-order chi connectivity index (χ1) is 6.13. The molecule has 1 aliphatic heterocycles. The molecule has 72 valence electrons. The molecule has 0 amide bonds. The van der Waals surface area contributed by atoms with Gasteiger partial charge < -0.3 is 9.47 Å². The number of ether oxygens (including phenoxy) is 2. The monoisotopic (exact) mass is 200 g/mol. The Morgan fingerprint density at radius 1 is 1.69 bits per heavy atom. The van der Waals surface area contributed by atoms with Gasteiger partial charge >= 0.3 is 0 Å². The van der Waals surface area contributed by atoms with Crippen LogP contribution in [-0.4, -0.2) is 64.4 Å². The van der Waals surface area contributed by atoms with Gasteiger partial charge in [-0.1, -0.05) is 0 Å². The Labute approximate surface area is 82.2 Å². The maximum Gasteiger partial charge on any atom is 0.174 e. The fourth-order valence-electron chi connectivity index (χ4n) is 1.41. The van der Waals surface area contributed by atoms with Crippen molar-refractivity contribution in [2.45, 2.75) is 12.1 Å². The molecule has 1 fully saturated rings. The van der Waals surface area contributed by atoms with E-state index in [9.17, 15) is 0 Å². The van der Waals surface area contributed by atoms with Gasteiger partial charge in [0.2, 0.25) is 0 Å². The Morgan fingerprint density at radius 3 is 2.92 bits per heavy atom. The first kappa shape index (κ1) is 11.2. The highest BCUT2D eigenvalue weighted by Crippen LogP contribution is 2.25. The van der Waals surface area contributed by atoms with Crippen molar-refractivity contribution in [3.63, 3.8) is 0 Å². The summed E-state index contributed by atoms with van der Waals surface area (Å²) in [5.41, 5.74) is 0. The van der Waals surface area contributed by atoms with Crippen LogP contribution in [0.15, 0.2) is 0 Å². The van der Waals surface area contributed by atoms with Gasteiger partial charge in [0.15, 0.2) is 7.70 Å². The molecule has 3 atom stereocenters. The minimum atomic E-state index is -0.315. The molecule has 3 nitrogen and oxygen atoms in total. The average Bonchev–Trinajstić information content (AvgIpc) is 2.03. The van der Waals surface area contributed by atoms with E-state index in [1.165, 1.54) is 0 Å². The van der Waals surface area contributed by atoms with E-state index in [1.807, 2.05) is 0 Å². The van der Waals surface area contributed by atoms with Crippen molar-refractivity contribution in [3.05, 3.63) is 0 Å². The molecule has 0 bridgehead atoms. The van der Waals surface area contributed by atoms with Crippen LogP contribution in [0.4, 0.5) is 0 Å². The summed E-state index contributed by atoms with van der Waals surface area (Å²) in [5.74, 6) is 0. The quantitative estimate of drug-likeness (QED) is 0.482. The van der Waals surface area contributed by atoms with E-state index in [-0.39, 0.29) is 19.8 Å². The van der Waals surface area contributed by atoms with Crippen LogP contribution in [0.25, 0.3) is 0 Å². The molecule has 0 aromatic heterocycles. The molecule has 1 heterocycles. The molecular weight excluding hydrogens is 184 g/mol. The van der Waals surface area contributed by atoms with E-state index < -0.39 is 0 Å². The van der Waals surface area contributed by atoms with Gasteiger partial charge in [-0.2, -0.15) is 0 Å². The molecule has 0 aliphatic carbocycles. The molecule has 2 radical (unpaired) electrons. The SMILES string of the molecule is [B]C1CN([P+](=C)C)CC(COC)O1. The van der Waals surface area contributed by atoms with Crippen LogP contribution in [0, 0.1) is 0 Å². The van der Waals surface area contributed by atoms with Crippen molar-refractivity contribution in [2.75, 3.05) is 33.5 Å². The Balaban J connectivity index is 2.47. The molecule has 3 unspecified atom stereocenters. The van der Waals surface area contributed by atoms with Crippen LogP contribution in [0.3, 0.4) is 0 Å². The second kappa shape index (κ2) is 5.11. The van der Waals surface area contributed by atoms with Crippen molar-refractivity contribution >= 4 is 21.8 Å². The largest absolute Gasteiger partial charge is 0.382 e. The first-order valence-corrected chi connectivity index (χ1v) is 6.25. The summed E-state index contributed by atoms with van der Waals surface area (Å²) in [4.78, 5) is 0. The van der Waals surface area contributed by atoms with E-state index in [4.69, 9.17) is 17.3 Å². The molecule has 5 heteroatoms. The van der Waals surface area contributed by atoms with Gasteiger partial charge in [0.25, 0.3) is 0 Å². The topological polar surface area (TPSA) is 21.7 Å². The highest BCUT2D eigenvalue weighted by atomic mass is 31.1. The number of morpholine rings is 1. The fraction of sp³-hybridized carbons (Fsp3) is 0.875. The summed E-state index contributed by atoms with van der Waals surface area (Å²) in [6.45, 7) is 4.39. The molecule has 0 aromatic rings. The summed E-state index contributed by atoms with van der Waals surface area (Å²) in [6, 6.07) is -0.194. The summed E-state index contributed by atoms with van der Waals surface area (Å²) in [5, 5.41) is 0. The molecule has 0 saturated carbocycles. The van der Waals surface area contributed by atoms with Crippen molar-refractivity contribution in [2.24, 2.45) is 0 Å². The van der Waals surface area contributed by atoms with Crippen LogP contribution >= 0.6 is 7.70 Å². The van der Waals surface area contributed by atoms with Crippen LogP contribution in [0.2, 0.25) is 0 Å². The third-order valence-electron chi connectivity index (χ3n) is 2.01. The lowest BCUT2D eigenvalue weighted by atomic mass is 9.98. The number of hydrogen-bond donors (Lipinski definition) is 0. The molecule has 1 rings (SSSR count). The van der Waals surface area contributed by atoms with E-state index in [2.05, 4.69) is 17.6 Å². The lowest BCUT2D eigenvalue weighted by molar-refractivity contribution is -0.0571. The van der Waals surface area contributed by atoms with Crippen LogP contribution < -0.4 is 0 Å². The Bertz CT molecular complexity index is 191. The van der Waals surface area contributed by atoms with Crippen LogP contribution in [-0.2, 0) is 9.47 Å². The van der Waals surface area contributed by atoms with Gasteiger partial charge in [-0.05, 0) is 0 Å². The summed E-state index contributed by atoms with van der Waals surface area (Å²) >= 11 is 0. The van der Waals surface area contributed by atoms with Crippen molar-refractivity contribution in [3.8, 4) is 0 Å². The first-order valence-electron chi connectivity index (χ1n) is 4.32. The molecular formula is C8H16BNO2P+. The lowest BCUT2D eigenvalue weighted by Gasteiger charge is -2.32. The number of rotatable bonds is 3. The molecule has 13 heavy (non-hydrogen) atoms. The standard InChI is InChI=1S/C8H16BNO2P/c1-11-6-7-4-10(13(2)3)5-8(9)12-7/h7-8H,2,4-6H2,1,3H3/q+1. The van der Waals surface area contributed by atoms with Crippen LogP contribution in [0.1, 0.15) is 0 Å². The third-order valence-corrected chi connectivity index (χ3v) is 3.30. The highest BCUT2D eigenvalue weighted by molar-refractivity contribution is 7.52. The zero-order valence-corrected chi connectivity index (χ0v) is 9.17. The van der Waals surface area contributed by atoms with E-state index in [1.54, 1.807) is 7.11 Å². The van der Waals surface area contributed by atoms with Gasteiger partial charge in [-0.15, -0.1) is 4.67 Å². The summed E-state index contributed by atoms with van der Waals surface area (Å²) in [7, 11) is 7.11. The van der Waals surface area contributed by atoms with Gasteiger partial charge in [-0.25, -0.2) is 0 Å². The molecule has 1 saturated heterocycles. The predicted molar refractivity (Wildman–Crippen MR) is 57.8 cm³/mol. The summed E-state index contributed by atoms with van der Waals surface area (Å²) in [6.07, 6.45) is 4.13. The number of nitrogens with zero attached hydrogens (tertiary/aromatic N) is 1.